The van der Waals surface area contributed by atoms with Crippen LogP contribution >= 0.6 is 0 Å². The fraction of sp³-hybridized carbons (Fsp3) is 0.133. The minimum Gasteiger partial charge on any atom is -0.505 e. The number of amidine groups is 1. The lowest BCUT2D eigenvalue weighted by atomic mass is 10.1. The number of nitrogens with two attached hydrogens (primary N) is 1. The summed E-state index contributed by atoms with van der Waals surface area (Å²) in [4.78, 5) is 1.69. The van der Waals surface area contributed by atoms with Crippen molar-refractivity contribution in [3.8, 4) is 11.5 Å². The maximum atomic E-state index is 11.8. The number of azo groups is 1. The standard InChI is InChI=1S/C15H17N5O9S2/c1-6(18-10(5-21)17-2)19-20-13-9(31(27,28)29)4-7-3-8(30(24,25)26)12(16)14(22)11(7)15(13)23/h3-4,21-23H,1,5,16H2,2H3,(H,17,18)(H,24,25,26)(H,27,28,29). The monoisotopic (exact) mass is 475 g/mol. The van der Waals surface area contributed by atoms with Crippen molar-refractivity contribution in [1.29, 1.82) is 0 Å². The second-order valence-corrected chi connectivity index (χ2v) is 8.64. The van der Waals surface area contributed by atoms with Crippen LogP contribution in [0.1, 0.15) is 0 Å². The highest BCUT2D eigenvalue weighted by molar-refractivity contribution is 7.86. The van der Waals surface area contributed by atoms with Gasteiger partial charge in [-0.15, -0.1) is 10.2 Å². The Bertz CT molecular complexity index is 1350. The Morgan fingerprint density at radius 2 is 1.65 bits per heavy atom. The van der Waals surface area contributed by atoms with Crippen LogP contribution in [0.25, 0.3) is 10.8 Å². The van der Waals surface area contributed by atoms with Gasteiger partial charge in [-0.05, 0) is 17.5 Å². The van der Waals surface area contributed by atoms with E-state index in [9.17, 15) is 36.2 Å². The topological polar surface area (TPSA) is 245 Å². The van der Waals surface area contributed by atoms with E-state index in [2.05, 4.69) is 27.1 Å². The Morgan fingerprint density at radius 3 is 2.13 bits per heavy atom. The van der Waals surface area contributed by atoms with Gasteiger partial charge >= 0.3 is 0 Å². The van der Waals surface area contributed by atoms with Crippen molar-refractivity contribution in [2.45, 2.75) is 9.79 Å². The second-order valence-electron chi connectivity index (χ2n) is 5.86. The number of phenols is 2. The normalized spacial score (nSPS) is 13.1. The molecule has 168 valence electrons. The number of phenolic OH excluding ortho intramolecular Hbond substituents is 2. The average Bonchev–Trinajstić information content (AvgIpc) is 2.65. The van der Waals surface area contributed by atoms with E-state index in [0.717, 1.165) is 0 Å². The third-order valence-corrected chi connectivity index (χ3v) is 5.61. The summed E-state index contributed by atoms with van der Waals surface area (Å²) in [5, 5.41) is 38.3. The molecule has 0 amide bonds. The maximum absolute atomic E-state index is 11.8. The molecule has 0 aromatic heterocycles. The van der Waals surface area contributed by atoms with E-state index >= 15 is 0 Å². The van der Waals surface area contributed by atoms with E-state index < -0.39 is 70.3 Å². The molecule has 2 rings (SSSR count). The molecule has 2 aromatic carbocycles. The Kier molecular flexibility index (Phi) is 6.52. The Labute approximate surface area is 175 Å². The minimum absolute atomic E-state index is 0.0323. The van der Waals surface area contributed by atoms with Gasteiger partial charge in [0, 0.05) is 7.05 Å². The molecule has 0 unspecified atom stereocenters. The number of nitrogen functional groups attached to an aromatic ring is 1. The molecule has 0 atom stereocenters. The first kappa shape index (κ1) is 24.0. The molecule has 0 saturated carbocycles. The molecule has 14 nitrogen and oxygen atoms in total. The molecular weight excluding hydrogens is 458 g/mol. The van der Waals surface area contributed by atoms with Crippen LogP contribution in [0, 0.1) is 0 Å². The number of rotatable bonds is 6. The highest BCUT2D eigenvalue weighted by Crippen LogP contribution is 2.47. The Balaban J connectivity index is 2.83. The number of nitrogens with one attached hydrogen (secondary N) is 1. The van der Waals surface area contributed by atoms with Crippen LogP contribution in [0.2, 0.25) is 0 Å². The minimum atomic E-state index is -5.05. The van der Waals surface area contributed by atoms with Gasteiger partial charge in [0.05, 0.1) is 11.1 Å². The van der Waals surface area contributed by atoms with Gasteiger partial charge in [0.2, 0.25) is 0 Å². The molecule has 0 saturated heterocycles. The van der Waals surface area contributed by atoms with Crippen molar-refractivity contribution in [2.75, 3.05) is 19.4 Å². The largest absolute Gasteiger partial charge is 0.505 e. The van der Waals surface area contributed by atoms with Crippen LogP contribution in [0.5, 0.6) is 11.5 Å². The maximum Gasteiger partial charge on any atom is 0.296 e. The summed E-state index contributed by atoms with van der Waals surface area (Å²) < 4.78 is 65.2. The molecule has 0 aliphatic rings. The number of anilines is 1. The first-order chi connectivity index (χ1) is 14.2. The van der Waals surface area contributed by atoms with E-state index in [1.165, 1.54) is 7.05 Å². The fourth-order valence-corrected chi connectivity index (χ4v) is 3.77. The van der Waals surface area contributed by atoms with E-state index in [1.54, 1.807) is 0 Å². The van der Waals surface area contributed by atoms with Gasteiger partial charge in [-0.25, -0.2) is 0 Å². The highest BCUT2D eigenvalue weighted by atomic mass is 32.2. The lowest BCUT2D eigenvalue weighted by Gasteiger charge is -2.13. The van der Waals surface area contributed by atoms with Crippen LogP contribution in [-0.2, 0) is 20.2 Å². The van der Waals surface area contributed by atoms with Crippen molar-refractivity contribution >= 4 is 48.2 Å². The number of fused-ring (bicyclic) bond motifs is 1. The average molecular weight is 475 g/mol. The van der Waals surface area contributed by atoms with Crippen molar-refractivity contribution in [3.63, 3.8) is 0 Å². The Hall–Kier alpha value is -3.31. The van der Waals surface area contributed by atoms with E-state index in [4.69, 9.17) is 10.8 Å². The molecule has 0 bridgehead atoms. The van der Waals surface area contributed by atoms with Crippen LogP contribution in [0.3, 0.4) is 0 Å². The van der Waals surface area contributed by atoms with Gasteiger partial charge in [-0.3, -0.25) is 14.1 Å². The van der Waals surface area contributed by atoms with Gasteiger partial charge in [-0.2, -0.15) is 16.8 Å². The molecule has 0 aliphatic carbocycles. The lowest BCUT2D eigenvalue weighted by molar-refractivity contribution is 0.353. The third-order valence-electron chi connectivity index (χ3n) is 3.85. The van der Waals surface area contributed by atoms with Crippen LogP contribution in [-0.4, -0.2) is 60.8 Å². The zero-order valence-electron chi connectivity index (χ0n) is 15.7. The van der Waals surface area contributed by atoms with Gasteiger partial charge in [0.25, 0.3) is 20.2 Å². The fourth-order valence-electron chi connectivity index (χ4n) is 2.46. The summed E-state index contributed by atoms with van der Waals surface area (Å²) in [6.07, 6.45) is 0. The molecule has 31 heavy (non-hydrogen) atoms. The van der Waals surface area contributed by atoms with E-state index in [0.29, 0.717) is 12.1 Å². The molecular formula is C15H17N5O9S2. The summed E-state index contributed by atoms with van der Waals surface area (Å²) in [5.41, 5.74) is 3.83. The second kappa shape index (κ2) is 8.44. The molecule has 8 N–H and O–H groups in total. The van der Waals surface area contributed by atoms with Gasteiger partial charge in [0.1, 0.15) is 33.7 Å². The molecule has 0 spiro atoms. The first-order valence-electron chi connectivity index (χ1n) is 7.92. The lowest BCUT2D eigenvalue weighted by Crippen LogP contribution is -2.24. The molecule has 0 heterocycles. The number of nitrogens with zero attached hydrogens (tertiary/aromatic N) is 3. The van der Waals surface area contributed by atoms with Crippen LogP contribution in [0.4, 0.5) is 11.4 Å². The van der Waals surface area contributed by atoms with Crippen molar-refractivity contribution in [1.82, 2.24) is 5.32 Å². The summed E-state index contributed by atoms with van der Waals surface area (Å²) >= 11 is 0. The number of aromatic hydroxyl groups is 2. The number of aliphatic imine (C=N–C) groups is 1. The van der Waals surface area contributed by atoms with Gasteiger partial charge in [0.15, 0.2) is 11.5 Å². The van der Waals surface area contributed by atoms with Crippen molar-refractivity contribution < 1.29 is 41.3 Å². The van der Waals surface area contributed by atoms with Gasteiger partial charge < -0.3 is 26.4 Å². The van der Waals surface area contributed by atoms with Crippen LogP contribution in [0.15, 0.2) is 49.5 Å². The van der Waals surface area contributed by atoms with Crippen LogP contribution < -0.4 is 11.1 Å². The summed E-state index contributed by atoms with van der Waals surface area (Å²) in [5.74, 6) is -2.25. The number of aliphatic hydroxyl groups excluding tert-OH is 1. The third kappa shape index (κ3) is 4.89. The first-order valence-corrected chi connectivity index (χ1v) is 10.8. The van der Waals surface area contributed by atoms with Gasteiger partial charge in [-0.1, -0.05) is 6.58 Å². The summed E-state index contributed by atoms with van der Waals surface area (Å²) in [7, 11) is -8.63. The molecule has 0 radical (unpaired) electrons. The molecule has 0 fully saturated rings. The smallest absolute Gasteiger partial charge is 0.296 e. The summed E-state index contributed by atoms with van der Waals surface area (Å²) in [6.45, 7) is 2.93. The SMILES string of the molecule is C=C(N=Nc1c(S(=O)(=O)O)cc2cc(S(=O)(=O)O)c(N)c(O)c2c1O)NC(CO)=NC. The van der Waals surface area contributed by atoms with Crippen molar-refractivity contribution in [2.24, 2.45) is 15.2 Å². The zero-order valence-corrected chi connectivity index (χ0v) is 17.3. The predicted octanol–water partition coefficient (Wildman–Crippen LogP) is 0.492. The number of hydrogen-bond acceptors (Lipinski definition) is 11. The highest BCUT2D eigenvalue weighted by Gasteiger charge is 2.27. The number of benzene rings is 2. The number of hydrogen-bond donors (Lipinski definition) is 7. The Morgan fingerprint density at radius 1 is 1.10 bits per heavy atom. The molecule has 0 aliphatic heterocycles. The molecule has 2 aromatic rings. The zero-order chi connectivity index (χ0) is 23.7. The van der Waals surface area contributed by atoms with E-state index in [-0.39, 0.29) is 11.7 Å². The van der Waals surface area contributed by atoms with Crippen molar-refractivity contribution in [3.05, 3.63) is 24.5 Å². The molecule has 16 heteroatoms. The summed E-state index contributed by atoms with van der Waals surface area (Å²) in [6, 6.07) is 1.36. The number of aliphatic hydroxyl groups is 1. The quantitative estimate of drug-likeness (QED) is 0.0756. The van der Waals surface area contributed by atoms with E-state index in [1.807, 2.05) is 0 Å². The predicted molar refractivity (Wildman–Crippen MR) is 109 cm³/mol.